The van der Waals surface area contributed by atoms with Crippen molar-refractivity contribution < 1.29 is 14.6 Å². The van der Waals surface area contributed by atoms with Gasteiger partial charge in [-0.1, -0.05) is 18.2 Å². The summed E-state index contributed by atoms with van der Waals surface area (Å²) in [5.74, 6) is 0.520. The Labute approximate surface area is 149 Å². The normalized spacial score (nSPS) is 11.4. The minimum atomic E-state index is -0.0284. The fraction of sp³-hybridized carbons (Fsp3) is 0.0476. The fourth-order valence-corrected chi connectivity index (χ4v) is 2.71. The van der Waals surface area contributed by atoms with Gasteiger partial charge in [0, 0.05) is 23.4 Å². The van der Waals surface area contributed by atoms with Gasteiger partial charge in [0.05, 0.1) is 5.69 Å². The van der Waals surface area contributed by atoms with E-state index in [-0.39, 0.29) is 11.5 Å². The van der Waals surface area contributed by atoms with Crippen molar-refractivity contribution >= 4 is 23.0 Å². The number of phenolic OH excluding ortho intramolecular Hbond substituents is 2. The minimum Gasteiger partial charge on any atom is -0.508 e. The van der Waals surface area contributed by atoms with E-state index in [1.165, 1.54) is 12.1 Å². The van der Waals surface area contributed by atoms with Crippen LogP contribution in [0.25, 0.3) is 22.6 Å². The third-order valence-electron chi connectivity index (χ3n) is 4.08. The standard InChI is InChI=1S/C21H16N2O3/c1-13-4-2-7-19-20(13)23-21(26-19)14-5-3-6-16(10-14)22-12-15-8-9-17(24)11-18(15)25/h2-12,24-25H,1H3. The molecule has 5 nitrogen and oxygen atoms in total. The molecule has 128 valence electrons. The SMILES string of the molecule is Cc1cccc2oc(-c3cccc(N=Cc4ccc(O)cc4O)c3)nc12. The molecule has 0 saturated heterocycles. The van der Waals surface area contributed by atoms with Gasteiger partial charge in [-0.25, -0.2) is 4.98 Å². The second-order valence-corrected chi connectivity index (χ2v) is 5.99. The van der Waals surface area contributed by atoms with E-state index in [4.69, 9.17) is 4.42 Å². The van der Waals surface area contributed by atoms with Crippen molar-refractivity contribution in [2.75, 3.05) is 0 Å². The lowest BCUT2D eigenvalue weighted by atomic mass is 10.2. The number of aryl methyl sites for hydroxylation is 1. The zero-order valence-corrected chi connectivity index (χ0v) is 14.0. The number of oxazole rings is 1. The van der Waals surface area contributed by atoms with Crippen LogP contribution >= 0.6 is 0 Å². The summed E-state index contributed by atoms with van der Waals surface area (Å²) in [6.07, 6.45) is 1.55. The number of aromatic hydroxyl groups is 2. The van der Waals surface area contributed by atoms with E-state index in [1.807, 2.05) is 49.4 Å². The lowest BCUT2D eigenvalue weighted by Gasteiger charge is -2.00. The molecule has 0 fully saturated rings. The van der Waals surface area contributed by atoms with Crippen LogP contribution in [0.3, 0.4) is 0 Å². The Hall–Kier alpha value is -3.60. The third kappa shape index (κ3) is 3.02. The van der Waals surface area contributed by atoms with Crippen LogP contribution in [0.5, 0.6) is 11.5 Å². The zero-order valence-electron chi connectivity index (χ0n) is 14.0. The Morgan fingerprint density at radius 2 is 1.85 bits per heavy atom. The zero-order chi connectivity index (χ0) is 18.1. The van der Waals surface area contributed by atoms with Crippen LogP contribution in [0.15, 0.2) is 70.1 Å². The molecule has 1 heterocycles. The second kappa shape index (κ2) is 6.37. The number of rotatable bonds is 3. The van der Waals surface area contributed by atoms with Crippen LogP contribution in [0.4, 0.5) is 5.69 Å². The first-order chi connectivity index (χ1) is 12.6. The lowest BCUT2D eigenvalue weighted by Crippen LogP contribution is -1.82. The summed E-state index contributed by atoms with van der Waals surface area (Å²) in [7, 11) is 0. The molecule has 0 bridgehead atoms. The molecule has 2 N–H and O–H groups in total. The summed E-state index contributed by atoms with van der Waals surface area (Å²) < 4.78 is 5.85. The third-order valence-corrected chi connectivity index (χ3v) is 4.08. The summed E-state index contributed by atoms with van der Waals surface area (Å²) in [5, 5.41) is 19.2. The quantitative estimate of drug-likeness (QED) is 0.515. The maximum atomic E-state index is 9.83. The smallest absolute Gasteiger partial charge is 0.227 e. The van der Waals surface area contributed by atoms with Crippen LogP contribution in [0.2, 0.25) is 0 Å². The van der Waals surface area contributed by atoms with Gasteiger partial charge in [0.2, 0.25) is 5.89 Å². The summed E-state index contributed by atoms with van der Waals surface area (Å²) in [6, 6.07) is 17.7. The number of phenols is 2. The van der Waals surface area contributed by atoms with E-state index in [0.717, 1.165) is 22.2 Å². The molecule has 4 aromatic rings. The van der Waals surface area contributed by atoms with Crippen LogP contribution in [-0.2, 0) is 0 Å². The number of nitrogens with zero attached hydrogens (tertiary/aromatic N) is 2. The Balaban J connectivity index is 1.67. The van der Waals surface area contributed by atoms with Gasteiger partial charge in [-0.05, 0) is 48.9 Å². The Morgan fingerprint density at radius 1 is 1.00 bits per heavy atom. The Bertz CT molecular complexity index is 1130. The van der Waals surface area contributed by atoms with Crippen molar-refractivity contribution in [3.05, 3.63) is 71.8 Å². The van der Waals surface area contributed by atoms with Crippen LogP contribution < -0.4 is 0 Å². The number of hydrogen-bond acceptors (Lipinski definition) is 5. The number of hydrogen-bond donors (Lipinski definition) is 2. The summed E-state index contributed by atoms with van der Waals surface area (Å²) in [4.78, 5) is 8.97. The highest BCUT2D eigenvalue weighted by Gasteiger charge is 2.10. The van der Waals surface area contributed by atoms with Crippen LogP contribution in [-0.4, -0.2) is 21.4 Å². The molecule has 3 aromatic carbocycles. The number of para-hydroxylation sites is 1. The summed E-state index contributed by atoms with van der Waals surface area (Å²) in [5.41, 5.74) is 4.72. The Morgan fingerprint density at radius 3 is 2.65 bits per heavy atom. The van der Waals surface area contributed by atoms with Crippen LogP contribution in [0, 0.1) is 6.92 Å². The summed E-state index contributed by atoms with van der Waals surface area (Å²) in [6.45, 7) is 2.00. The van der Waals surface area contributed by atoms with E-state index in [2.05, 4.69) is 9.98 Å². The van der Waals surface area contributed by atoms with E-state index < -0.39 is 0 Å². The van der Waals surface area contributed by atoms with Crippen molar-refractivity contribution in [1.82, 2.24) is 4.98 Å². The van der Waals surface area contributed by atoms with Gasteiger partial charge >= 0.3 is 0 Å². The maximum Gasteiger partial charge on any atom is 0.227 e. The first-order valence-corrected chi connectivity index (χ1v) is 8.13. The van der Waals surface area contributed by atoms with E-state index in [9.17, 15) is 10.2 Å². The van der Waals surface area contributed by atoms with Gasteiger partial charge < -0.3 is 14.6 Å². The van der Waals surface area contributed by atoms with E-state index >= 15 is 0 Å². The van der Waals surface area contributed by atoms with Gasteiger partial charge in [-0.2, -0.15) is 0 Å². The Kier molecular flexibility index (Phi) is 3.89. The molecule has 0 saturated carbocycles. The molecule has 26 heavy (non-hydrogen) atoms. The number of fused-ring (bicyclic) bond motifs is 1. The monoisotopic (exact) mass is 344 g/mol. The summed E-state index contributed by atoms with van der Waals surface area (Å²) >= 11 is 0. The molecule has 0 unspecified atom stereocenters. The lowest BCUT2D eigenvalue weighted by molar-refractivity contribution is 0.450. The van der Waals surface area contributed by atoms with Gasteiger partial charge in [-0.15, -0.1) is 0 Å². The first kappa shape index (κ1) is 15.9. The molecule has 5 heteroatoms. The predicted octanol–water partition coefficient (Wildman–Crippen LogP) is 4.97. The number of aromatic nitrogens is 1. The predicted molar refractivity (Wildman–Crippen MR) is 101 cm³/mol. The topological polar surface area (TPSA) is 78.9 Å². The van der Waals surface area contributed by atoms with Crippen molar-refractivity contribution in [3.8, 4) is 23.0 Å². The van der Waals surface area contributed by atoms with Crippen LogP contribution in [0.1, 0.15) is 11.1 Å². The number of aliphatic imine (C=N–C) groups is 1. The highest BCUT2D eigenvalue weighted by molar-refractivity contribution is 5.86. The van der Waals surface area contributed by atoms with Gasteiger partial charge in [0.25, 0.3) is 0 Å². The highest BCUT2D eigenvalue weighted by atomic mass is 16.3. The molecule has 1 aromatic heterocycles. The average Bonchev–Trinajstić information content (AvgIpc) is 3.07. The van der Waals surface area contributed by atoms with Crippen molar-refractivity contribution in [2.45, 2.75) is 6.92 Å². The average molecular weight is 344 g/mol. The molecular weight excluding hydrogens is 328 g/mol. The van der Waals surface area contributed by atoms with Gasteiger partial charge in [-0.3, -0.25) is 4.99 Å². The van der Waals surface area contributed by atoms with E-state index in [0.29, 0.717) is 17.1 Å². The second-order valence-electron chi connectivity index (χ2n) is 5.99. The largest absolute Gasteiger partial charge is 0.508 e. The highest BCUT2D eigenvalue weighted by Crippen LogP contribution is 2.28. The minimum absolute atomic E-state index is 0.00732. The molecule has 0 radical (unpaired) electrons. The van der Waals surface area contributed by atoms with Gasteiger partial charge in [0.1, 0.15) is 17.0 Å². The maximum absolute atomic E-state index is 9.83. The molecule has 0 aliphatic carbocycles. The molecule has 0 spiro atoms. The van der Waals surface area contributed by atoms with Crippen molar-refractivity contribution in [3.63, 3.8) is 0 Å². The molecular formula is C21H16N2O3. The van der Waals surface area contributed by atoms with Crippen molar-refractivity contribution in [1.29, 1.82) is 0 Å². The van der Waals surface area contributed by atoms with Crippen molar-refractivity contribution in [2.24, 2.45) is 4.99 Å². The molecule has 0 aliphatic rings. The number of benzene rings is 3. The molecule has 0 atom stereocenters. The van der Waals surface area contributed by atoms with E-state index in [1.54, 1.807) is 12.3 Å². The fourth-order valence-electron chi connectivity index (χ4n) is 2.71. The molecule has 4 rings (SSSR count). The van der Waals surface area contributed by atoms with Gasteiger partial charge in [0.15, 0.2) is 5.58 Å². The molecule has 0 amide bonds. The first-order valence-electron chi connectivity index (χ1n) is 8.13. The molecule has 0 aliphatic heterocycles.